The number of anilines is 1. The van der Waals surface area contributed by atoms with E-state index in [1.807, 2.05) is 23.1 Å². The van der Waals surface area contributed by atoms with Crippen molar-refractivity contribution in [3.63, 3.8) is 0 Å². The fourth-order valence-corrected chi connectivity index (χ4v) is 4.53. The third kappa shape index (κ3) is 3.07. The van der Waals surface area contributed by atoms with Crippen molar-refractivity contribution >= 4 is 11.9 Å². The molecule has 1 amide bonds. The van der Waals surface area contributed by atoms with Crippen molar-refractivity contribution in [2.45, 2.75) is 44.3 Å². The van der Waals surface area contributed by atoms with E-state index in [4.69, 9.17) is 9.72 Å². The molecule has 0 N–H and O–H groups in total. The molecule has 142 valence electrons. The monoisotopic (exact) mass is 368 g/mol. The Bertz CT molecular complexity index is 818. The van der Waals surface area contributed by atoms with Gasteiger partial charge < -0.3 is 14.5 Å². The number of nitrogens with zero attached hydrogens (tertiary/aromatic N) is 6. The quantitative estimate of drug-likeness (QED) is 0.807. The number of hydrogen-bond donors (Lipinski definition) is 0. The first-order valence-corrected chi connectivity index (χ1v) is 9.77. The number of morpholine rings is 1. The van der Waals surface area contributed by atoms with E-state index in [0.29, 0.717) is 13.0 Å². The fourth-order valence-electron chi connectivity index (χ4n) is 4.53. The van der Waals surface area contributed by atoms with Gasteiger partial charge in [-0.1, -0.05) is 0 Å². The van der Waals surface area contributed by atoms with Gasteiger partial charge in [-0.2, -0.15) is 5.10 Å². The lowest BCUT2D eigenvalue weighted by molar-refractivity contribution is -0.135. The van der Waals surface area contributed by atoms with Crippen molar-refractivity contribution in [2.24, 2.45) is 0 Å². The topological polar surface area (TPSA) is 76.4 Å². The summed E-state index contributed by atoms with van der Waals surface area (Å²) in [4.78, 5) is 26.7. The minimum absolute atomic E-state index is 0.127. The largest absolute Gasteiger partial charge is 0.378 e. The predicted octanol–water partition coefficient (Wildman–Crippen LogP) is 1.19. The van der Waals surface area contributed by atoms with Gasteiger partial charge in [0.15, 0.2) is 0 Å². The van der Waals surface area contributed by atoms with Crippen LogP contribution in [0.3, 0.4) is 0 Å². The third-order valence-corrected chi connectivity index (χ3v) is 5.87. The number of hydrogen-bond acceptors (Lipinski definition) is 6. The smallest absolute Gasteiger partial charge is 0.225 e. The summed E-state index contributed by atoms with van der Waals surface area (Å²) in [5, 5.41) is 4.19. The third-order valence-electron chi connectivity index (χ3n) is 5.87. The highest BCUT2D eigenvalue weighted by Gasteiger charge is 2.43. The minimum atomic E-state index is 0.127. The maximum atomic E-state index is 12.9. The Morgan fingerprint density at radius 2 is 2.15 bits per heavy atom. The Kier molecular flexibility index (Phi) is 4.27. The van der Waals surface area contributed by atoms with Gasteiger partial charge in [0.05, 0.1) is 24.9 Å². The van der Waals surface area contributed by atoms with Gasteiger partial charge in [0.25, 0.3) is 0 Å². The molecule has 2 fully saturated rings. The Hall–Kier alpha value is -2.48. The summed E-state index contributed by atoms with van der Waals surface area (Å²) in [6, 6.07) is 2.27. The van der Waals surface area contributed by atoms with Crippen LogP contribution in [0.25, 0.3) is 0 Å². The lowest BCUT2D eigenvalue weighted by atomic mass is 9.99. The van der Waals surface area contributed by atoms with Crippen LogP contribution in [0, 0.1) is 0 Å². The van der Waals surface area contributed by atoms with Crippen LogP contribution in [0.15, 0.2) is 24.7 Å². The average molecular weight is 368 g/mol. The molecule has 2 atom stereocenters. The summed E-state index contributed by atoms with van der Waals surface area (Å²) in [5.74, 6) is 1.01. The molecule has 5 heterocycles. The molecule has 5 rings (SSSR count). The molecule has 0 radical (unpaired) electrons. The first kappa shape index (κ1) is 16.7. The highest BCUT2D eigenvalue weighted by molar-refractivity contribution is 5.78. The summed E-state index contributed by atoms with van der Waals surface area (Å²) in [6.45, 7) is 3.75. The Labute approximate surface area is 158 Å². The summed E-state index contributed by atoms with van der Waals surface area (Å²) >= 11 is 0. The molecule has 0 spiro atoms. The summed E-state index contributed by atoms with van der Waals surface area (Å²) in [5.41, 5.74) is 2.25. The van der Waals surface area contributed by atoms with E-state index in [0.717, 1.165) is 62.8 Å². The number of ether oxygens (including phenoxy) is 1. The molecule has 2 bridgehead atoms. The highest BCUT2D eigenvalue weighted by atomic mass is 16.5. The molecule has 8 nitrogen and oxygen atoms in total. The van der Waals surface area contributed by atoms with Gasteiger partial charge in [0.2, 0.25) is 11.9 Å². The number of aryl methyl sites for hydroxylation is 1. The maximum Gasteiger partial charge on any atom is 0.225 e. The summed E-state index contributed by atoms with van der Waals surface area (Å²) < 4.78 is 7.24. The summed E-state index contributed by atoms with van der Waals surface area (Å²) in [6.07, 6.45) is 8.96. The molecule has 0 unspecified atom stereocenters. The molecule has 3 aliphatic heterocycles. The van der Waals surface area contributed by atoms with Crippen molar-refractivity contribution in [1.29, 1.82) is 0 Å². The number of carbonyl (C=O) groups is 1. The number of aromatic nitrogens is 4. The second kappa shape index (κ2) is 6.92. The zero-order chi connectivity index (χ0) is 18.2. The molecule has 0 saturated carbocycles. The van der Waals surface area contributed by atoms with E-state index in [2.05, 4.69) is 19.9 Å². The van der Waals surface area contributed by atoms with Gasteiger partial charge in [-0.25, -0.2) is 9.97 Å². The molecule has 8 heteroatoms. The second-order valence-electron chi connectivity index (χ2n) is 7.44. The highest BCUT2D eigenvalue weighted by Crippen LogP contribution is 2.43. The van der Waals surface area contributed by atoms with E-state index in [-0.39, 0.29) is 18.0 Å². The molecule has 2 saturated heterocycles. The van der Waals surface area contributed by atoms with E-state index in [9.17, 15) is 4.79 Å². The van der Waals surface area contributed by atoms with Gasteiger partial charge in [-0.15, -0.1) is 0 Å². The number of rotatable bonds is 4. The molecule has 0 aliphatic carbocycles. The molecule has 0 aromatic carbocycles. The SMILES string of the molecule is O=C(CCn1cccn1)N1[C@@H]2CC[C@@H]1c1cnc(N3CCOCC3)nc1C2. The van der Waals surface area contributed by atoms with E-state index in [1.54, 1.807) is 6.20 Å². The van der Waals surface area contributed by atoms with E-state index >= 15 is 0 Å². The fraction of sp³-hybridized carbons (Fsp3) is 0.579. The van der Waals surface area contributed by atoms with Gasteiger partial charge in [-0.05, 0) is 18.9 Å². The molecular weight excluding hydrogens is 344 g/mol. The minimum Gasteiger partial charge on any atom is -0.378 e. The van der Waals surface area contributed by atoms with Gasteiger partial charge in [-0.3, -0.25) is 9.48 Å². The Balaban J connectivity index is 1.33. The number of carbonyl (C=O) groups excluding carboxylic acids is 1. The predicted molar refractivity (Wildman–Crippen MR) is 98.2 cm³/mol. The van der Waals surface area contributed by atoms with Crippen LogP contribution in [0.4, 0.5) is 5.95 Å². The van der Waals surface area contributed by atoms with Crippen LogP contribution in [0.5, 0.6) is 0 Å². The van der Waals surface area contributed by atoms with Gasteiger partial charge in [0.1, 0.15) is 0 Å². The Morgan fingerprint density at radius 3 is 2.96 bits per heavy atom. The van der Waals surface area contributed by atoms with Crippen molar-refractivity contribution in [2.75, 3.05) is 31.2 Å². The van der Waals surface area contributed by atoms with Gasteiger partial charge in [0, 0.05) is 62.7 Å². The van der Waals surface area contributed by atoms with Crippen molar-refractivity contribution in [3.05, 3.63) is 35.9 Å². The zero-order valence-corrected chi connectivity index (χ0v) is 15.3. The lowest BCUT2D eigenvalue weighted by Crippen LogP contribution is -2.43. The lowest BCUT2D eigenvalue weighted by Gasteiger charge is -2.36. The number of amides is 1. The molecule has 3 aliphatic rings. The zero-order valence-electron chi connectivity index (χ0n) is 15.3. The molecule has 2 aromatic rings. The summed E-state index contributed by atoms with van der Waals surface area (Å²) in [7, 11) is 0. The van der Waals surface area contributed by atoms with Crippen molar-refractivity contribution < 1.29 is 9.53 Å². The molecule has 27 heavy (non-hydrogen) atoms. The van der Waals surface area contributed by atoms with Crippen molar-refractivity contribution in [3.8, 4) is 0 Å². The van der Waals surface area contributed by atoms with E-state index < -0.39 is 0 Å². The van der Waals surface area contributed by atoms with Crippen LogP contribution in [0.1, 0.15) is 36.6 Å². The van der Waals surface area contributed by atoms with Gasteiger partial charge >= 0.3 is 0 Å². The molecule has 2 aromatic heterocycles. The van der Waals surface area contributed by atoms with Crippen LogP contribution in [-0.2, 0) is 22.5 Å². The maximum absolute atomic E-state index is 12.9. The average Bonchev–Trinajstić information content (AvgIpc) is 3.34. The van der Waals surface area contributed by atoms with E-state index in [1.165, 1.54) is 0 Å². The van der Waals surface area contributed by atoms with Crippen LogP contribution < -0.4 is 4.90 Å². The number of fused-ring (bicyclic) bond motifs is 4. The second-order valence-corrected chi connectivity index (χ2v) is 7.44. The molecular formula is C19H24N6O2. The van der Waals surface area contributed by atoms with Crippen LogP contribution in [-0.4, -0.2) is 62.9 Å². The first-order valence-electron chi connectivity index (χ1n) is 9.77. The van der Waals surface area contributed by atoms with Crippen LogP contribution in [0.2, 0.25) is 0 Å². The standard InChI is InChI=1S/C19H24N6O2/c26-18(4-7-24-6-1-5-21-24)25-14-2-3-17(25)15-13-20-19(22-16(15)12-14)23-8-10-27-11-9-23/h1,5-6,13-14,17H,2-4,7-12H2/t14-,17-/m1/s1. The van der Waals surface area contributed by atoms with Crippen LogP contribution >= 0.6 is 0 Å². The first-order chi connectivity index (χ1) is 13.3. The normalized spacial score (nSPS) is 24.1. The Morgan fingerprint density at radius 1 is 1.26 bits per heavy atom. The van der Waals surface area contributed by atoms with Crippen molar-refractivity contribution in [1.82, 2.24) is 24.6 Å².